The monoisotopic (exact) mass is 266 g/mol. The van der Waals surface area contributed by atoms with Gasteiger partial charge in [-0.15, -0.1) is 0 Å². The number of aryl methyl sites for hydroxylation is 2. The maximum absolute atomic E-state index is 11.3. The highest BCUT2D eigenvalue weighted by Crippen LogP contribution is 2.30. The summed E-state index contributed by atoms with van der Waals surface area (Å²) in [6.07, 6.45) is 0. The van der Waals surface area contributed by atoms with E-state index in [1.807, 2.05) is 44.2 Å². The fourth-order valence-electron chi connectivity index (χ4n) is 2.41. The zero-order chi connectivity index (χ0) is 14.3. The number of nitrogens with one attached hydrogen (secondary N) is 1. The maximum Gasteiger partial charge on any atom is 0.286 e. The number of amides is 1. The van der Waals surface area contributed by atoms with Gasteiger partial charge in [-0.25, -0.2) is 9.97 Å². The molecule has 5 nitrogen and oxygen atoms in total. The lowest BCUT2D eigenvalue weighted by molar-refractivity contribution is 0.0990. The van der Waals surface area contributed by atoms with Gasteiger partial charge in [-0.3, -0.25) is 4.79 Å². The molecule has 3 aromatic rings. The summed E-state index contributed by atoms with van der Waals surface area (Å²) in [5.74, 6) is -0.572. The Labute approximate surface area is 115 Å². The topological polar surface area (TPSA) is 84.7 Å². The molecular weight excluding hydrogens is 252 g/mol. The van der Waals surface area contributed by atoms with Crippen LogP contribution < -0.4 is 5.73 Å². The molecule has 0 unspecified atom stereocenters. The van der Waals surface area contributed by atoms with Gasteiger partial charge in [0.05, 0.1) is 5.69 Å². The molecule has 3 rings (SSSR count). The number of fused-ring (bicyclic) bond motifs is 1. The summed E-state index contributed by atoms with van der Waals surface area (Å²) in [7, 11) is 0. The number of aromatic amines is 1. The smallest absolute Gasteiger partial charge is 0.286 e. The van der Waals surface area contributed by atoms with E-state index in [2.05, 4.69) is 15.0 Å². The van der Waals surface area contributed by atoms with Gasteiger partial charge in [0, 0.05) is 27.9 Å². The number of nitrogens with zero attached hydrogens (tertiary/aromatic N) is 2. The minimum Gasteiger partial charge on any atom is -0.363 e. The Morgan fingerprint density at radius 2 is 1.95 bits per heavy atom. The molecule has 0 aliphatic carbocycles. The predicted molar refractivity (Wildman–Crippen MR) is 77.3 cm³/mol. The molecule has 1 aromatic carbocycles. The molecular formula is C15H14N4O. The van der Waals surface area contributed by atoms with E-state index in [0.29, 0.717) is 11.4 Å². The average molecular weight is 266 g/mol. The Morgan fingerprint density at radius 3 is 2.70 bits per heavy atom. The third-order valence-electron chi connectivity index (χ3n) is 3.22. The van der Waals surface area contributed by atoms with Crippen molar-refractivity contribution in [3.05, 3.63) is 47.5 Å². The molecule has 0 aliphatic heterocycles. The van der Waals surface area contributed by atoms with E-state index in [4.69, 9.17) is 5.73 Å². The first-order valence-electron chi connectivity index (χ1n) is 6.29. The van der Waals surface area contributed by atoms with E-state index in [1.165, 1.54) is 0 Å². The van der Waals surface area contributed by atoms with Gasteiger partial charge in [-0.05, 0) is 26.0 Å². The van der Waals surface area contributed by atoms with Crippen molar-refractivity contribution in [2.24, 2.45) is 5.73 Å². The van der Waals surface area contributed by atoms with Crippen molar-refractivity contribution >= 4 is 16.8 Å². The second kappa shape index (κ2) is 4.45. The molecule has 1 amide bonds. The third-order valence-corrected chi connectivity index (χ3v) is 3.22. The Morgan fingerprint density at radius 1 is 1.20 bits per heavy atom. The molecule has 2 heterocycles. The number of carbonyl (C=O) groups excluding carboxylic acids is 1. The van der Waals surface area contributed by atoms with E-state index in [1.54, 1.807) is 0 Å². The molecule has 0 fully saturated rings. The van der Waals surface area contributed by atoms with E-state index in [0.717, 1.165) is 22.2 Å². The van der Waals surface area contributed by atoms with Crippen molar-refractivity contribution in [3.63, 3.8) is 0 Å². The molecule has 0 saturated carbocycles. The second-order valence-electron chi connectivity index (χ2n) is 4.75. The van der Waals surface area contributed by atoms with Crippen LogP contribution in [0, 0.1) is 13.8 Å². The summed E-state index contributed by atoms with van der Waals surface area (Å²) in [6, 6.07) is 9.84. The number of para-hydroxylation sites is 1. The van der Waals surface area contributed by atoms with Crippen molar-refractivity contribution in [2.75, 3.05) is 0 Å². The predicted octanol–water partition coefficient (Wildman–Crippen LogP) is 2.34. The van der Waals surface area contributed by atoms with Gasteiger partial charge in [-0.1, -0.05) is 18.2 Å². The van der Waals surface area contributed by atoms with Crippen LogP contribution in [0.1, 0.15) is 22.0 Å². The number of hydrogen-bond acceptors (Lipinski definition) is 3. The third kappa shape index (κ3) is 1.93. The highest BCUT2D eigenvalue weighted by molar-refractivity contribution is 5.97. The number of H-pyrrole nitrogens is 1. The van der Waals surface area contributed by atoms with Gasteiger partial charge in [0.25, 0.3) is 5.91 Å². The number of nitrogens with two attached hydrogens (primary N) is 1. The van der Waals surface area contributed by atoms with Crippen LogP contribution in [0.5, 0.6) is 0 Å². The first-order valence-corrected chi connectivity index (χ1v) is 6.29. The molecule has 0 spiro atoms. The second-order valence-corrected chi connectivity index (χ2v) is 4.75. The summed E-state index contributed by atoms with van der Waals surface area (Å²) >= 11 is 0. The maximum atomic E-state index is 11.3. The first kappa shape index (κ1) is 12.3. The van der Waals surface area contributed by atoms with E-state index >= 15 is 0 Å². The molecule has 3 N–H and O–H groups in total. The normalized spacial score (nSPS) is 10.9. The summed E-state index contributed by atoms with van der Waals surface area (Å²) in [6.45, 7) is 3.80. The average Bonchev–Trinajstić information content (AvgIpc) is 2.73. The van der Waals surface area contributed by atoms with E-state index < -0.39 is 5.91 Å². The van der Waals surface area contributed by atoms with Crippen molar-refractivity contribution < 1.29 is 4.79 Å². The van der Waals surface area contributed by atoms with Crippen LogP contribution in [0.25, 0.3) is 22.2 Å². The summed E-state index contributed by atoms with van der Waals surface area (Å²) < 4.78 is 0. The lowest BCUT2D eigenvalue weighted by Gasteiger charge is -2.04. The van der Waals surface area contributed by atoms with Gasteiger partial charge < -0.3 is 10.7 Å². The molecule has 2 aromatic heterocycles. The Hall–Kier alpha value is -2.69. The van der Waals surface area contributed by atoms with Crippen LogP contribution in [-0.4, -0.2) is 20.9 Å². The standard InChI is InChI=1S/C15H14N4O/c1-8-7-12(19-15(17-8)14(16)20)13-9(2)18-11-6-4-3-5-10(11)13/h3-7,18H,1-2H3,(H2,16,20). The first-order chi connectivity index (χ1) is 9.56. The summed E-state index contributed by atoms with van der Waals surface area (Å²) in [5, 5.41) is 1.07. The molecule has 0 saturated heterocycles. The molecule has 0 radical (unpaired) electrons. The van der Waals surface area contributed by atoms with Crippen molar-refractivity contribution in [3.8, 4) is 11.3 Å². The van der Waals surface area contributed by atoms with E-state index in [-0.39, 0.29) is 5.82 Å². The number of aromatic nitrogens is 3. The van der Waals surface area contributed by atoms with Gasteiger partial charge >= 0.3 is 0 Å². The van der Waals surface area contributed by atoms with Crippen molar-refractivity contribution in [1.82, 2.24) is 15.0 Å². The molecule has 0 bridgehead atoms. The number of hydrogen-bond donors (Lipinski definition) is 2. The minimum atomic E-state index is -0.618. The van der Waals surface area contributed by atoms with Crippen molar-refractivity contribution in [1.29, 1.82) is 0 Å². The van der Waals surface area contributed by atoms with Crippen molar-refractivity contribution in [2.45, 2.75) is 13.8 Å². The SMILES string of the molecule is Cc1cc(-c2c(C)[nH]c3ccccc23)nc(C(N)=O)n1. The highest BCUT2D eigenvalue weighted by atomic mass is 16.1. The lowest BCUT2D eigenvalue weighted by atomic mass is 10.1. The minimum absolute atomic E-state index is 0.0460. The largest absolute Gasteiger partial charge is 0.363 e. The van der Waals surface area contributed by atoms with Crippen LogP contribution in [0.2, 0.25) is 0 Å². The zero-order valence-electron chi connectivity index (χ0n) is 11.3. The quantitative estimate of drug-likeness (QED) is 0.746. The molecule has 5 heteroatoms. The van der Waals surface area contributed by atoms with Gasteiger partial charge in [0.1, 0.15) is 0 Å². The molecule has 20 heavy (non-hydrogen) atoms. The molecule has 100 valence electrons. The zero-order valence-corrected chi connectivity index (χ0v) is 11.3. The van der Waals surface area contributed by atoms with Crippen LogP contribution in [0.4, 0.5) is 0 Å². The van der Waals surface area contributed by atoms with E-state index in [9.17, 15) is 4.79 Å². The number of carbonyl (C=O) groups is 1. The Bertz CT molecular complexity index is 820. The lowest BCUT2D eigenvalue weighted by Crippen LogP contribution is -2.16. The highest BCUT2D eigenvalue weighted by Gasteiger charge is 2.14. The molecule has 0 atom stereocenters. The Balaban J connectivity index is 2.30. The number of primary amides is 1. The van der Waals surface area contributed by atoms with Gasteiger partial charge in [0.2, 0.25) is 5.82 Å². The fourth-order valence-corrected chi connectivity index (χ4v) is 2.41. The molecule has 0 aliphatic rings. The van der Waals surface area contributed by atoms with Gasteiger partial charge in [-0.2, -0.15) is 0 Å². The Kier molecular flexibility index (Phi) is 2.75. The van der Waals surface area contributed by atoms with Crippen LogP contribution in [0.15, 0.2) is 30.3 Å². The number of benzene rings is 1. The fraction of sp³-hybridized carbons (Fsp3) is 0.133. The van der Waals surface area contributed by atoms with Crippen LogP contribution in [-0.2, 0) is 0 Å². The van der Waals surface area contributed by atoms with Gasteiger partial charge in [0.15, 0.2) is 0 Å². The van der Waals surface area contributed by atoms with Crippen LogP contribution >= 0.6 is 0 Å². The van der Waals surface area contributed by atoms with Crippen LogP contribution in [0.3, 0.4) is 0 Å². The summed E-state index contributed by atoms with van der Waals surface area (Å²) in [4.78, 5) is 23.0. The summed E-state index contributed by atoms with van der Waals surface area (Å²) in [5.41, 5.74) is 9.73. The number of rotatable bonds is 2.